The average Bonchev–Trinajstić information content (AvgIpc) is 2.71. The molecule has 2 fully saturated rings. The molecule has 1 aliphatic carbocycles. The summed E-state index contributed by atoms with van der Waals surface area (Å²) in [7, 11) is -3.37. The van der Waals surface area contributed by atoms with Crippen molar-refractivity contribution in [2.24, 2.45) is 5.92 Å². The van der Waals surface area contributed by atoms with Crippen molar-refractivity contribution in [2.75, 3.05) is 32.7 Å². The van der Waals surface area contributed by atoms with E-state index < -0.39 is 10.0 Å². The Hall–Kier alpha value is -0.140. The standard InChI is InChI=1S/C14H21ClN2O2S2/c15-13-5-6-14(20-13)21(18,19)17-8-2-7-16(9-10-17)11-12-3-1-4-12/h5-6,12H,1-4,7-11H2. The monoisotopic (exact) mass is 348 g/mol. The Kier molecular flexibility index (Phi) is 4.90. The van der Waals surface area contributed by atoms with Crippen molar-refractivity contribution >= 4 is 33.0 Å². The van der Waals surface area contributed by atoms with E-state index in [0.29, 0.717) is 21.6 Å². The minimum atomic E-state index is -3.37. The highest BCUT2D eigenvalue weighted by Crippen LogP contribution is 2.30. The first-order valence-corrected chi connectivity index (χ1v) is 10.2. The van der Waals surface area contributed by atoms with Crippen LogP contribution in [-0.2, 0) is 10.0 Å². The van der Waals surface area contributed by atoms with Crippen LogP contribution >= 0.6 is 22.9 Å². The Morgan fingerprint density at radius 3 is 2.57 bits per heavy atom. The summed E-state index contributed by atoms with van der Waals surface area (Å²) in [5.41, 5.74) is 0. The van der Waals surface area contributed by atoms with Gasteiger partial charge in [0.25, 0.3) is 10.0 Å². The van der Waals surface area contributed by atoms with Crippen molar-refractivity contribution in [1.29, 1.82) is 0 Å². The fourth-order valence-electron chi connectivity index (χ4n) is 2.97. The summed E-state index contributed by atoms with van der Waals surface area (Å²) in [4.78, 5) is 2.43. The van der Waals surface area contributed by atoms with E-state index in [1.54, 1.807) is 16.4 Å². The zero-order valence-corrected chi connectivity index (χ0v) is 14.4. The minimum absolute atomic E-state index is 0.361. The van der Waals surface area contributed by atoms with Gasteiger partial charge in [0.2, 0.25) is 0 Å². The Bertz CT molecular complexity index is 584. The normalized spacial score (nSPS) is 22.9. The number of thiophene rings is 1. The number of sulfonamides is 1. The second kappa shape index (κ2) is 6.54. The molecule has 1 aliphatic heterocycles. The molecule has 0 aromatic carbocycles. The van der Waals surface area contributed by atoms with Gasteiger partial charge in [0.05, 0.1) is 4.34 Å². The van der Waals surface area contributed by atoms with Crippen LogP contribution in [0.15, 0.2) is 16.3 Å². The van der Waals surface area contributed by atoms with Gasteiger partial charge in [0.15, 0.2) is 0 Å². The quantitative estimate of drug-likeness (QED) is 0.840. The van der Waals surface area contributed by atoms with Crippen LogP contribution in [-0.4, -0.2) is 50.3 Å². The van der Waals surface area contributed by atoms with Crippen molar-refractivity contribution < 1.29 is 8.42 Å². The second-order valence-electron chi connectivity index (χ2n) is 5.91. The van der Waals surface area contributed by atoms with Crippen molar-refractivity contribution in [3.05, 3.63) is 16.5 Å². The summed E-state index contributed by atoms with van der Waals surface area (Å²) < 4.78 is 27.7. The van der Waals surface area contributed by atoms with E-state index >= 15 is 0 Å². The van der Waals surface area contributed by atoms with Crippen molar-refractivity contribution in [3.63, 3.8) is 0 Å². The summed E-state index contributed by atoms with van der Waals surface area (Å²) >= 11 is 7.01. The molecule has 0 N–H and O–H groups in total. The predicted molar refractivity (Wildman–Crippen MR) is 86.5 cm³/mol. The molecule has 2 heterocycles. The topological polar surface area (TPSA) is 40.6 Å². The zero-order valence-electron chi connectivity index (χ0n) is 12.0. The lowest BCUT2D eigenvalue weighted by Crippen LogP contribution is -2.37. The van der Waals surface area contributed by atoms with E-state index in [2.05, 4.69) is 4.90 Å². The fraction of sp³-hybridized carbons (Fsp3) is 0.714. The number of hydrogen-bond acceptors (Lipinski definition) is 4. The number of halogens is 1. The molecule has 1 aromatic heterocycles. The molecule has 1 aromatic rings. The molecule has 1 saturated carbocycles. The Morgan fingerprint density at radius 1 is 1.14 bits per heavy atom. The van der Waals surface area contributed by atoms with Gasteiger partial charge < -0.3 is 4.90 Å². The first-order valence-electron chi connectivity index (χ1n) is 7.53. The molecule has 4 nitrogen and oxygen atoms in total. The number of nitrogens with zero attached hydrogens (tertiary/aromatic N) is 2. The van der Waals surface area contributed by atoms with E-state index in [0.717, 1.165) is 43.3 Å². The molecule has 0 unspecified atom stereocenters. The summed E-state index contributed by atoms with van der Waals surface area (Å²) in [6.45, 7) is 4.19. The van der Waals surface area contributed by atoms with Gasteiger partial charge in [-0.25, -0.2) is 8.42 Å². The molecule has 7 heteroatoms. The lowest BCUT2D eigenvalue weighted by molar-refractivity contribution is 0.184. The first kappa shape index (κ1) is 15.7. The van der Waals surface area contributed by atoms with E-state index in [1.807, 2.05) is 0 Å². The third-order valence-corrected chi connectivity index (χ3v) is 8.03. The van der Waals surface area contributed by atoms with Gasteiger partial charge in [0, 0.05) is 26.2 Å². The van der Waals surface area contributed by atoms with Gasteiger partial charge in [0.1, 0.15) is 4.21 Å². The summed E-state index contributed by atoms with van der Waals surface area (Å²) in [5, 5.41) is 0. The van der Waals surface area contributed by atoms with Crippen LogP contribution in [0.1, 0.15) is 25.7 Å². The molecule has 21 heavy (non-hydrogen) atoms. The number of rotatable bonds is 4. The third kappa shape index (κ3) is 3.62. The highest BCUT2D eigenvalue weighted by Gasteiger charge is 2.29. The molecular formula is C14H21ClN2O2S2. The molecule has 1 saturated heterocycles. The van der Waals surface area contributed by atoms with Gasteiger partial charge >= 0.3 is 0 Å². The third-order valence-electron chi connectivity index (χ3n) is 4.43. The van der Waals surface area contributed by atoms with Crippen LogP contribution in [0, 0.1) is 5.92 Å². The second-order valence-corrected chi connectivity index (χ2v) is 9.79. The van der Waals surface area contributed by atoms with Crippen LogP contribution < -0.4 is 0 Å². The van der Waals surface area contributed by atoms with Gasteiger partial charge in [-0.2, -0.15) is 4.31 Å². The Morgan fingerprint density at radius 2 is 1.95 bits per heavy atom. The van der Waals surface area contributed by atoms with Crippen LogP contribution in [0.2, 0.25) is 4.34 Å². The van der Waals surface area contributed by atoms with Gasteiger partial charge in [-0.3, -0.25) is 0 Å². The summed E-state index contributed by atoms with van der Waals surface area (Å²) in [6, 6.07) is 3.26. The fourth-order valence-corrected chi connectivity index (χ4v) is 6.08. The number of hydrogen-bond donors (Lipinski definition) is 0. The average molecular weight is 349 g/mol. The largest absolute Gasteiger partial charge is 0.302 e. The van der Waals surface area contributed by atoms with Crippen LogP contribution in [0.4, 0.5) is 0 Å². The molecule has 0 spiro atoms. The molecule has 118 valence electrons. The van der Waals surface area contributed by atoms with E-state index in [9.17, 15) is 8.42 Å². The van der Waals surface area contributed by atoms with Gasteiger partial charge in [-0.1, -0.05) is 18.0 Å². The Labute approximate surface area is 135 Å². The zero-order chi connectivity index (χ0) is 14.9. The first-order chi connectivity index (χ1) is 10.1. The van der Waals surface area contributed by atoms with Crippen molar-refractivity contribution in [3.8, 4) is 0 Å². The minimum Gasteiger partial charge on any atom is -0.302 e. The van der Waals surface area contributed by atoms with Crippen molar-refractivity contribution in [2.45, 2.75) is 29.9 Å². The highest BCUT2D eigenvalue weighted by molar-refractivity contribution is 7.91. The van der Waals surface area contributed by atoms with Crippen LogP contribution in [0.5, 0.6) is 0 Å². The lowest BCUT2D eigenvalue weighted by atomic mass is 9.85. The lowest BCUT2D eigenvalue weighted by Gasteiger charge is -2.31. The summed E-state index contributed by atoms with van der Waals surface area (Å²) in [6.07, 6.45) is 4.95. The smallest absolute Gasteiger partial charge is 0.252 e. The molecule has 0 atom stereocenters. The maximum atomic E-state index is 12.6. The van der Waals surface area contributed by atoms with Gasteiger partial charge in [-0.05, 0) is 43.9 Å². The molecule has 2 aliphatic rings. The maximum absolute atomic E-state index is 12.6. The molecule has 0 amide bonds. The van der Waals surface area contributed by atoms with E-state index in [-0.39, 0.29) is 0 Å². The van der Waals surface area contributed by atoms with E-state index in [1.165, 1.54) is 19.3 Å². The van der Waals surface area contributed by atoms with Crippen molar-refractivity contribution in [1.82, 2.24) is 9.21 Å². The van der Waals surface area contributed by atoms with Crippen LogP contribution in [0.3, 0.4) is 0 Å². The molecule has 3 rings (SSSR count). The predicted octanol–water partition coefficient (Wildman–Crippen LogP) is 2.90. The SMILES string of the molecule is O=S(=O)(c1ccc(Cl)s1)N1CCCN(CC2CCC2)CC1. The maximum Gasteiger partial charge on any atom is 0.252 e. The van der Waals surface area contributed by atoms with E-state index in [4.69, 9.17) is 11.6 Å². The summed E-state index contributed by atoms with van der Waals surface area (Å²) in [5.74, 6) is 0.837. The Balaban J connectivity index is 1.63. The molecule has 0 radical (unpaired) electrons. The van der Waals surface area contributed by atoms with Crippen LogP contribution in [0.25, 0.3) is 0 Å². The molecular weight excluding hydrogens is 328 g/mol. The highest BCUT2D eigenvalue weighted by atomic mass is 35.5. The van der Waals surface area contributed by atoms with Gasteiger partial charge in [-0.15, -0.1) is 11.3 Å². The molecule has 0 bridgehead atoms.